The van der Waals surface area contributed by atoms with Crippen molar-refractivity contribution in [3.8, 4) is 0 Å². The number of pyridine rings is 1. The molecule has 17 heavy (non-hydrogen) atoms. The van der Waals surface area contributed by atoms with Crippen LogP contribution in [0.2, 0.25) is 0 Å². The second-order valence-corrected chi connectivity index (χ2v) is 6.05. The van der Waals surface area contributed by atoms with E-state index >= 15 is 0 Å². The maximum absolute atomic E-state index is 6.02. The van der Waals surface area contributed by atoms with Crippen LogP contribution in [-0.4, -0.2) is 29.6 Å². The van der Waals surface area contributed by atoms with Crippen molar-refractivity contribution in [3.05, 3.63) is 18.5 Å². The van der Waals surface area contributed by atoms with Crippen LogP contribution >= 0.6 is 11.8 Å². The van der Waals surface area contributed by atoms with Crippen LogP contribution in [0.1, 0.15) is 27.7 Å². The summed E-state index contributed by atoms with van der Waals surface area (Å²) in [5.74, 6) is 0. The standard InChI is InChI=1S/C12H18BNO2S/c1-11(2)12(3,4)16-13(15-11)9-8-14-7-6-10(9)17-5/h6-8H,1-5H3. The Bertz CT molecular complexity index is 407. The molecule has 2 rings (SSSR count). The van der Waals surface area contributed by atoms with Crippen LogP contribution < -0.4 is 5.46 Å². The molecule has 0 unspecified atom stereocenters. The van der Waals surface area contributed by atoms with Crippen molar-refractivity contribution < 1.29 is 9.31 Å². The molecule has 0 spiro atoms. The lowest BCUT2D eigenvalue weighted by molar-refractivity contribution is 0.00578. The predicted octanol–water partition coefficient (Wildman–Crippen LogP) is 2.10. The molecule has 1 aromatic heterocycles. The van der Waals surface area contributed by atoms with Gasteiger partial charge < -0.3 is 9.31 Å². The molecule has 0 aromatic carbocycles. The fraction of sp³-hybridized carbons (Fsp3) is 0.583. The summed E-state index contributed by atoms with van der Waals surface area (Å²) in [7, 11) is -0.323. The quantitative estimate of drug-likeness (QED) is 0.595. The maximum atomic E-state index is 6.02. The molecule has 1 aliphatic heterocycles. The van der Waals surface area contributed by atoms with Gasteiger partial charge in [0.25, 0.3) is 0 Å². The first-order valence-electron chi connectivity index (χ1n) is 5.71. The van der Waals surface area contributed by atoms with E-state index in [2.05, 4.69) is 32.7 Å². The third kappa shape index (κ3) is 2.24. The highest BCUT2D eigenvalue weighted by molar-refractivity contribution is 7.98. The van der Waals surface area contributed by atoms with Crippen molar-refractivity contribution in [1.82, 2.24) is 4.98 Å². The number of nitrogens with zero attached hydrogens (tertiary/aromatic N) is 1. The number of aromatic nitrogens is 1. The number of hydrogen-bond donors (Lipinski definition) is 0. The van der Waals surface area contributed by atoms with Gasteiger partial charge in [0, 0.05) is 22.8 Å². The Morgan fingerprint density at radius 1 is 1.18 bits per heavy atom. The highest BCUT2D eigenvalue weighted by Crippen LogP contribution is 2.36. The molecule has 0 N–H and O–H groups in total. The van der Waals surface area contributed by atoms with Gasteiger partial charge in [0.1, 0.15) is 0 Å². The highest BCUT2D eigenvalue weighted by atomic mass is 32.2. The molecular weight excluding hydrogens is 233 g/mol. The fourth-order valence-corrected chi connectivity index (χ4v) is 2.31. The molecular formula is C12H18BNO2S. The van der Waals surface area contributed by atoms with Gasteiger partial charge in [0.05, 0.1) is 11.2 Å². The van der Waals surface area contributed by atoms with Gasteiger partial charge in [-0.25, -0.2) is 0 Å². The van der Waals surface area contributed by atoms with E-state index in [9.17, 15) is 0 Å². The molecule has 92 valence electrons. The van der Waals surface area contributed by atoms with Crippen LogP contribution in [0.4, 0.5) is 0 Å². The van der Waals surface area contributed by atoms with Crippen LogP contribution in [-0.2, 0) is 9.31 Å². The first-order valence-corrected chi connectivity index (χ1v) is 6.93. The summed E-state index contributed by atoms with van der Waals surface area (Å²) in [6, 6.07) is 1.99. The van der Waals surface area contributed by atoms with Crippen molar-refractivity contribution >= 4 is 24.3 Å². The Kier molecular flexibility index (Phi) is 3.27. The summed E-state index contributed by atoms with van der Waals surface area (Å²) in [6.07, 6.45) is 5.67. The van der Waals surface area contributed by atoms with E-state index in [4.69, 9.17) is 9.31 Å². The molecule has 0 saturated carbocycles. The van der Waals surface area contributed by atoms with Crippen LogP contribution in [0.15, 0.2) is 23.4 Å². The van der Waals surface area contributed by atoms with Crippen LogP contribution in [0, 0.1) is 0 Å². The third-order valence-electron chi connectivity index (χ3n) is 3.54. The Labute approximate surface area is 107 Å². The molecule has 0 aliphatic carbocycles. The van der Waals surface area contributed by atoms with Gasteiger partial charge in [-0.2, -0.15) is 0 Å². The molecule has 0 atom stereocenters. The van der Waals surface area contributed by atoms with Gasteiger partial charge in [0.2, 0.25) is 0 Å². The van der Waals surface area contributed by atoms with Crippen LogP contribution in [0.5, 0.6) is 0 Å². The molecule has 0 amide bonds. The monoisotopic (exact) mass is 251 g/mol. The van der Waals surface area contributed by atoms with Crippen molar-refractivity contribution in [2.75, 3.05) is 6.26 Å². The summed E-state index contributed by atoms with van der Waals surface area (Å²) in [5.41, 5.74) is 0.408. The van der Waals surface area contributed by atoms with Crippen molar-refractivity contribution in [2.24, 2.45) is 0 Å². The Hall–Kier alpha value is -0.515. The number of hydrogen-bond acceptors (Lipinski definition) is 4. The Balaban J connectivity index is 2.32. The van der Waals surface area contributed by atoms with E-state index in [1.807, 2.05) is 18.5 Å². The van der Waals surface area contributed by atoms with E-state index in [1.54, 1.807) is 18.0 Å². The zero-order valence-corrected chi connectivity index (χ0v) is 11.8. The Morgan fingerprint density at radius 2 is 1.76 bits per heavy atom. The minimum absolute atomic E-state index is 0.302. The molecule has 2 heterocycles. The van der Waals surface area contributed by atoms with Gasteiger partial charge in [-0.1, -0.05) is 0 Å². The van der Waals surface area contributed by atoms with Crippen molar-refractivity contribution in [1.29, 1.82) is 0 Å². The summed E-state index contributed by atoms with van der Waals surface area (Å²) < 4.78 is 12.0. The second kappa shape index (κ2) is 4.30. The molecule has 0 bridgehead atoms. The molecule has 1 fully saturated rings. The van der Waals surface area contributed by atoms with E-state index in [0.717, 1.165) is 10.4 Å². The van der Waals surface area contributed by atoms with Gasteiger partial charge in [-0.15, -0.1) is 11.8 Å². The normalized spacial score (nSPS) is 21.8. The Morgan fingerprint density at radius 3 is 2.29 bits per heavy atom. The largest absolute Gasteiger partial charge is 0.497 e. The lowest BCUT2D eigenvalue weighted by Gasteiger charge is -2.32. The van der Waals surface area contributed by atoms with Crippen molar-refractivity contribution in [3.63, 3.8) is 0 Å². The van der Waals surface area contributed by atoms with Crippen LogP contribution in [0.3, 0.4) is 0 Å². The van der Waals surface area contributed by atoms with Gasteiger partial charge in [-0.3, -0.25) is 4.98 Å². The summed E-state index contributed by atoms with van der Waals surface area (Å²) in [6.45, 7) is 8.23. The average molecular weight is 251 g/mol. The first kappa shape index (κ1) is 12.9. The predicted molar refractivity (Wildman–Crippen MR) is 71.7 cm³/mol. The molecule has 0 radical (unpaired) electrons. The lowest BCUT2D eigenvalue weighted by Crippen LogP contribution is -2.41. The molecule has 3 nitrogen and oxygen atoms in total. The first-order chi connectivity index (χ1) is 7.87. The summed E-state index contributed by atoms with van der Waals surface area (Å²) in [5, 5.41) is 0. The van der Waals surface area contributed by atoms with Gasteiger partial charge >= 0.3 is 7.12 Å². The summed E-state index contributed by atoms with van der Waals surface area (Å²) in [4.78, 5) is 5.31. The topological polar surface area (TPSA) is 31.4 Å². The minimum Gasteiger partial charge on any atom is -0.399 e. The van der Waals surface area contributed by atoms with E-state index in [-0.39, 0.29) is 18.3 Å². The SMILES string of the molecule is CSc1ccncc1B1OC(C)(C)C(C)(C)O1. The van der Waals surface area contributed by atoms with E-state index < -0.39 is 0 Å². The van der Waals surface area contributed by atoms with Crippen LogP contribution in [0.25, 0.3) is 0 Å². The average Bonchev–Trinajstić information content (AvgIpc) is 2.48. The van der Waals surface area contributed by atoms with Gasteiger partial charge in [-0.05, 0) is 40.0 Å². The maximum Gasteiger partial charge on any atom is 0.497 e. The lowest BCUT2D eigenvalue weighted by atomic mass is 9.80. The number of rotatable bonds is 2. The zero-order chi connectivity index (χ0) is 12.7. The zero-order valence-electron chi connectivity index (χ0n) is 11.0. The summed E-state index contributed by atoms with van der Waals surface area (Å²) >= 11 is 1.68. The number of thioether (sulfide) groups is 1. The molecule has 5 heteroatoms. The molecule has 1 aromatic rings. The minimum atomic E-state index is -0.323. The molecule has 1 aliphatic rings. The second-order valence-electron chi connectivity index (χ2n) is 5.21. The van der Waals surface area contributed by atoms with Gasteiger partial charge in [0.15, 0.2) is 0 Å². The van der Waals surface area contributed by atoms with E-state index in [1.165, 1.54) is 0 Å². The highest BCUT2D eigenvalue weighted by Gasteiger charge is 2.52. The molecule has 1 saturated heterocycles. The third-order valence-corrected chi connectivity index (χ3v) is 4.35. The van der Waals surface area contributed by atoms with E-state index in [0.29, 0.717) is 0 Å². The smallest absolute Gasteiger partial charge is 0.399 e. The van der Waals surface area contributed by atoms with Crippen molar-refractivity contribution in [2.45, 2.75) is 43.8 Å². The fourth-order valence-electron chi connectivity index (χ4n) is 1.73.